The van der Waals surface area contributed by atoms with Gasteiger partial charge in [0, 0.05) is 4.90 Å². The summed E-state index contributed by atoms with van der Waals surface area (Å²) >= 11 is 1.63. The topological polar surface area (TPSA) is 88.1 Å². The van der Waals surface area contributed by atoms with E-state index in [9.17, 15) is 13.2 Å². The third-order valence-corrected chi connectivity index (χ3v) is 7.38. The van der Waals surface area contributed by atoms with E-state index in [2.05, 4.69) is 10.5 Å². The second-order valence-corrected chi connectivity index (χ2v) is 10.1. The number of hydrazone groups is 1. The van der Waals surface area contributed by atoms with E-state index in [1.807, 2.05) is 44.4 Å². The van der Waals surface area contributed by atoms with Crippen molar-refractivity contribution in [2.75, 3.05) is 23.7 Å². The zero-order valence-corrected chi connectivity index (χ0v) is 20.9. The molecule has 0 aliphatic heterocycles. The molecule has 0 unspecified atom stereocenters. The van der Waals surface area contributed by atoms with Crippen LogP contribution in [-0.4, -0.2) is 39.9 Å². The number of thioether (sulfide) groups is 1. The molecule has 0 saturated heterocycles. The number of rotatable bonds is 10. The van der Waals surface area contributed by atoms with Gasteiger partial charge in [-0.25, -0.2) is 13.8 Å². The molecule has 7 nitrogen and oxygen atoms in total. The highest BCUT2D eigenvalue weighted by Gasteiger charge is 2.27. The van der Waals surface area contributed by atoms with Gasteiger partial charge < -0.3 is 4.74 Å². The summed E-state index contributed by atoms with van der Waals surface area (Å²) in [6.07, 6.45) is 3.50. The second-order valence-electron chi connectivity index (χ2n) is 7.32. The van der Waals surface area contributed by atoms with Crippen LogP contribution in [0.5, 0.6) is 5.75 Å². The van der Waals surface area contributed by atoms with Crippen molar-refractivity contribution in [1.29, 1.82) is 0 Å². The van der Waals surface area contributed by atoms with E-state index in [0.29, 0.717) is 18.0 Å². The van der Waals surface area contributed by atoms with Gasteiger partial charge in [-0.2, -0.15) is 5.10 Å². The van der Waals surface area contributed by atoms with Crippen molar-refractivity contribution in [3.05, 3.63) is 83.9 Å². The highest BCUT2D eigenvalue weighted by atomic mass is 32.2. The van der Waals surface area contributed by atoms with Crippen molar-refractivity contribution in [1.82, 2.24) is 5.43 Å². The van der Waals surface area contributed by atoms with E-state index in [0.717, 1.165) is 20.3 Å². The lowest BCUT2D eigenvalue weighted by molar-refractivity contribution is -0.119. The van der Waals surface area contributed by atoms with Gasteiger partial charge in [-0.05, 0) is 74.2 Å². The second kappa shape index (κ2) is 11.7. The number of carbonyl (C=O) groups excluding carboxylic acids is 1. The number of sulfonamides is 1. The zero-order valence-electron chi connectivity index (χ0n) is 19.3. The van der Waals surface area contributed by atoms with E-state index in [4.69, 9.17) is 4.74 Å². The normalized spacial score (nSPS) is 11.4. The number of carbonyl (C=O) groups is 1. The van der Waals surface area contributed by atoms with Crippen molar-refractivity contribution >= 4 is 39.6 Å². The lowest BCUT2D eigenvalue weighted by Gasteiger charge is -2.24. The Morgan fingerprint density at radius 1 is 1.03 bits per heavy atom. The fraction of sp³-hybridized carbons (Fsp3) is 0.200. The molecule has 9 heteroatoms. The van der Waals surface area contributed by atoms with Crippen LogP contribution in [0.4, 0.5) is 5.69 Å². The van der Waals surface area contributed by atoms with Crippen LogP contribution in [0, 0.1) is 6.92 Å². The Bertz CT molecular complexity index is 1220. The molecule has 0 heterocycles. The molecule has 0 radical (unpaired) electrons. The van der Waals surface area contributed by atoms with E-state index in [1.54, 1.807) is 48.2 Å². The molecule has 0 bridgehead atoms. The van der Waals surface area contributed by atoms with Crippen LogP contribution in [0.25, 0.3) is 0 Å². The lowest BCUT2D eigenvalue weighted by atomic mass is 10.2. The molecule has 0 saturated carbocycles. The fourth-order valence-electron chi connectivity index (χ4n) is 3.06. The number of ether oxygens (including phenoxy) is 1. The minimum Gasteiger partial charge on any atom is -0.494 e. The number of amides is 1. The average Bonchev–Trinajstić information content (AvgIpc) is 2.84. The first-order valence-corrected chi connectivity index (χ1v) is 13.3. The van der Waals surface area contributed by atoms with Gasteiger partial charge in [0.1, 0.15) is 12.3 Å². The van der Waals surface area contributed by atoms with Crippen LogP contribution >= 0.6 is 11.8 Å². The van der Waals surface area contributed by atoms with E-state index < -0.39 is 22.5 Å². The Kier molecular flexibility index (Phi) is 8.72. The van der Waals surface area contributed by atoms with E-state index in [-0.39, 0.29) is 4.90 Å². The summed E-state index contributed by atoms with van der Waals surface area (Å²) < 4.78 is 33.3. The summed E-state index contributed by atoms with van der Waals surface area (Å²) in [4.78, 5) is 13.9. The van der Waals surface area contributed by atoms with Crippen molar-refractivity contribution in [2.45, 2.75) is 23.6 Å². The molecule has 1 amide bonds. The number of anilines is 1. The molecule has 1 N–H and O–H groups in total. The standard InChI is InChI=1S/C25H27N3O4S2/c1-4-32-22-11-9-21(10-12-22)28(34(30,31)24-15-5-19(2)6-16-24)18-25(29)27-26-17-20-7-13-23(33-3)14-8-20/h5-17H,4,18H2,1-3H3,(H,27,29)/b26-17+. The Balaban J connectivity index is 1.81. The first-order valence-electron chi connectivity index (χ1n) is 10.6. The Morgan fingerprint density at radius 2 is 1.68 bits per heavy atom. The van der Waals surface area contributed by atoms with Gasteiger partial charge in [-0.3, -0.25) is 9.10 Å². The van der Waals surface area contributed by atoms with Crippen LogP contribution in [-0.2, 0) is 14.8 Å². The number of aryl methyl sites for hydroxylation is 1. The van der Waals surface area contributed by atoms with Crippen LogP contribution < -0.4 is 14.5 Å². The van der Waals surface area contributed by atoms with Crippen molar-refractivity contribution < 1.29 is 17.9 Å². The summed E-state index contributed by atoms with van der Waals surface area (Å²) in [5.41, 5.74) is 4.51. The summed E-state index contributed by atoms with van der Waals surface area (Å²) in [7, 11) is -4.00. The maximum absolute atomic E-state index is 13.4. The number of hydrogen-bond acceptors (Lipinski definition) is 6. The fourth-order valence-corrected chi connectivity index (χ4v) is 4.89. The van der Waals surface area contributed by atoms with Gasteiger partial charge >= 0.3 is 0 Å². The monoisotopic (exact) mass is 497 g/mol. The molecule has 0 atom stereocenters. The molecule has 3 aromatic rings. The Labute approximate surface area is 204 Å². The van der Waals surface area contributed by atoms with Crippen LogP contribution in [0.2, 0.25) is 0 Å². The molecular weight excluding hydrogens is 470 g/mol. The molecule has 0 fully saturated rings. The highest BCUT2D eigenvalue weighted by molar-refractivity contribution is 7.98. The lowest BCUT2D eigenvalue weighted by Crippen LogP contribution is -2.39. The maximum Gasteiger partial charge on any atom is 0.264 e. The quantitative estimate of drug-likeness (QED) is 0.254. The molecule has 0 aliphatic carbocycles. The third kappa shape index (κ3) is 6.61. The first-order chi connectivity index (χ1) is 16.3. The Morgan fingerprint density at radius 3 is 2.26 bits per heavy atom. The van der Waals surface area contributed by atoms with Crippen LogP contribution in [0.1, 0.15) is 18.1 Å². The van der Waals surface area contributed by atoms with Gasteiger partial charge in [0.05, 0.1) is 23.4 Å². The van der Waals surface area contributed by atoms with Crippen LogP contribution in [0.3, 0.4) is 0 Å². The summed E-state index contributed by atoms with van der Waals surface area (Å²) in [6.45, 7) is 3.79. The summed E-state index contributed by atoms with van der Waals surface area (Å²) in [5.74, 6) is 0.0435. The van der Waals surface area contributed by atoms with E-state index in [1.165, 1.54) is 18.3 Å². The minimum absolute atomic E-state index is 0.0946. The number of nitrogens with zero attached hydrogens (tertiary/aromatic N) is 2. The first kappa shape index (κ1) is 25.3. The zero-order chi connectivity index (χ0) is 24.6. The van der Waals surface area contributed by atoms with Crippen LogP contribution in [0.15, 0.2) is 87.7 Å². The molecule has 0 aliphatic rings. The smallest absolute Gasteiger partial charge is 0.264 e. The maximum atomic E-state index is 13.4. The summed E-state index contributed by atoms with van der Waals surface area (Å²) in [6, 6.07) is 20.7. The molecule has 3 rings (SSSR count). The number of nitrogens with one attached hydrogen (secondary N) is 1. The number of hydrogen-bond donors (Lipinski definition) is 1. The molecule has 34 heavy (non-hydrogen) atoms. The van der Waals surface area contributed by atoms with Crippen molar-refractivity contribution in [2.24, 2.45) is 5.10 Å². The molecule has 0 aromatic heterocycles. The molecule has 178 valence electrons. The largest absolute Gasteiger partial charge is 0.494 e. The third-order valence-electron chi connectivity index (χ3n) is 4.85. The Hall–Kier alpha value is -3.30. The van der Waals surface area contributed by atoms with Gasteiger partial charge in [0.25, 0.3) is 15.9 Å². The molecule has 0 spiro atoms. The van der Waals surface area contributed by atoms with Crippen molar-refractivity contribution in [3.8, 4) is 5.75 Å². The highest BCUT2D eigenvalue weighted by Crippen LogP contribution is 2.26. The predicted molar refractivity (Wildman–Crippen MR) is 137 cm³/mol. The van der Waals surface area contributed by atoms with Gasteiger partial charge in [-0.15, -0.1) is 11.8 Å². The van der Waals surface area contributed by atoms with Gasteiger partial charge in [0.15, 0.2) is 0 Å². The average molecular weight is 498 g/mol. The minimum atomic E-state index is -4.00. The van der Waals surface area contributed by atoms with Crippen molar-refractivity contribution in [3.63, 3.8) is 0 Å². The number of benzene rings is 3. The van der Waals surface area contributed by atoms with Gasteiger partial charge in [0.2, 0.25) is 0 Å². The predicted octanol–water partition coefficient (Wildman–Crippen LogP) is 4.46. The molecule has 3 aromatic carbocycles. The van der Waals surface area contributed by atoms with E-state index >= 15 is 0 Å². The molecular formula is C25H27N3O4S2. The van der Waals surface area contributed by atoms with Gasteiger partial charge in [-0.1, -0.05) is 29.8 Å². The SMILES string of the molecule is CCOc1ccc(N(CC(=O)N/N=C/c2ccc(SC)cc2)S(=O)(=O)c2ccc(C)cc2)cc1. The summed E-state index contributed by atoms with van der Waals surface area (Å²) in [5, 5.41) is 3.98.